The Kier molecular flexibility index (Phi) is 5.10. The van der Waals surface area contributed by atoms with E-state index in [1.54, 1.807) is 25.2 Å². The number of likely N-dealkylation sites (N-methyl/N-ethyl adjacent to an activating group) is 1. The average molecular weight is 357 g/mol. The van der Waals surface area contributed by atoms with Crippen LogP contribution in [0.2, 0.25) is 0 Å². The van der Waals surface area contributed by atoms with Gasteiger partial charge >= 0.3 is 0 Å². The molecule has 0 aliphatic carbocycles. The first-order valence-electron chi connectivity index (χ1n) is 6.51. The van der Waals surface area contributed by atoms with Gasteiger partial charge in [0.2, 0.25) is 5.91 Å². The van der Waals surface area contributed by atoms with Crippen LogP contribution in [0.15, 0.2) is 27.6 Å². The molecule has 1 aliphatic heterocycles. The lowest BCUT2D eigenvalue weighted by molar-refractivity contribution is -0.130. The summed E-state index contributed by atoms with van der Waals surface area (Å²) in [5, 5.41) is 0. The molecular formula is C14H17BrN2O2S. The first-order valence-corrected chi connectivity index (χ1v) is 7.75. The molecule has 20 heavy (non-hydrogen) atoms. The molecule has 1 aromatic carbocycles. The normalized spacial score (nSPS) is 14.4. The minimum atomic E-state index is -0.185. The van der Waals surface area contributed by atoms with Crippen LogP contribution in [0.1, 0.15) is 23.2 Å². The standard InChI is InChI=1S/C14H17BrN2O2S/c1-16(9-13(18)17-6-2-3-7-17)14(19)11-5-4-10(15)8-12(11)20/h4-5,8,20H,2-3,6-7,9H2,1H3. The minimum absolute atomic E-state index is 0.0103. The third-order valence-electron chi connectivity index (χ3n) is 3.37. The van der Waals surface area contributed by atoms with Crippen molar-refractivity contribution in [1.82, 2.24) is 9.80 Å². The molecule has 1 heterocycles. The Labute approximate surface area is 132 Å². The molecule has 2 rings (SSSR count). The molecule has 0 atom stereocenters. The molecule has 0 aromatic heterocycles. The van der Waals surface area contributed by atoms with Crippen LogP contribution in [0.3, 0.4) is 0 Å². The van der Waals surface area contributed by atoms with Crippen LogP contribution in [-0.2, 0) is 4.79 Å². The van der Waals surface area contributed by atoms with Crippen molar-refractivity contribution >= 4 is 40.4 Å². The van der Waals surface area contributed by atoms with E-state index in [-0.39, 0.29) is 18.4 Å². The zero-order valence-electron chi connectivity index (χ0n) is 11.3. The Hall–Kier alpha value is -1.01. The van der Waals surface area contributed by atoms with Crippen LogP contribution < -0.4 is 0 Å². The fraction of sp³-hybridized carbons (Fsp3) is 0.429. The van der Waals surface area contributed by atoms with Gasteiger partial charge < -0.3 is 9.80 Å². The lowest BCUT2D eigenvalue weighted by atomic mass is 10.2. The molecule has 0 saturated carbocycles. The largest absolute Gasteiger partial charge is 0.341 e. The molecule has 0 radical (unpaired) electrons. The first kappa shape index (κ1) is 15.4. The van der Waals surface area contributed by atoms with E-state index in [9.17, 15) is 9.59 Å². The van der Waals surface area contributed by atoms with Crippen molar-refractivity contribution in [3.8, 4) is 0 Å². The molecule has 2 amide bonds. The maximum Gasteiger partial charge on any atom is 0.255 e. The number of carbonyl (C=O) groups is 2. The van der Waals surface area contributed by atoms with Crippen LogP contribution in [0.5, 0.6) is 0 Å². The predicted molar refractivity (Wildman–Crippen MR) is 84.2 cm³/mol. The van der Waals surface area contributed by atoms with Gasteiger partial charge in [-0.15, -0.1) is 12.6 Å². The molecule has 0 bridgehead atoms. The van der Waals surface area contributed by atoms with E-state index in [1.165, 1.54) is 4.90 Å². The zero-order valence-corrected chi connectivity index (χ0v) is 13.8. The molecule has 1 saturated heterocycles. The van der Waals surface area contributed by atoms with Gasteiger partial charge in [0.05, 0.1) is 12.1 Å². The number of carbonyl (C=O) groups excluding carboxylic acids is 2. The molecule has 1 fully saturated rings. The van der Waals surface area contributed by atoms with Gasteiger partial charge in [-0.2, -0.15) is 0 Å². The van der Waals surface area contributed by atoms with Crippen LogP contribution in [0.4, 0.5) is 0 Å². The van der Waals surface area contributed by atoms with E-state index in [0.29, 0.717) is 10.5 Å². The number of likely N-dealkylation sites (tertiary alicyclic amines) is 1. The van der Waals surface area contributed by atoms with Crippen molar-refractivity contribution in [2.75, 3.05) is 26.7 Å². The predicted octanol–water partition coefficient (Wildman–Crippen LogP) is 2.43. The quantitative estimate of drug-likeness (QED) is 0.845. The van der Waals surface area contributed by atoms with E-state index in [0.717, 1.165) is 30.4 Å². The summed E-state index contributed by atoms with van der Waals surface area (Å²) >= 11 is 7.64. The molecule has 108 valence electrons. The molecule has 1 aromatic rings. The van der Waals surface area contributed by atoms with E-state index in [2.05, 4.69) is 28.6 Å². The van der Waals surface area contributed by atoms with Crippen molar-refractivity contribution in [3.63, 3.8) is 0 Å². The topological polar surface area (TPSA) is 40.6 Å². The minimum Gasteiger partial charge on any atom is -0.341 e. The summed E-state index contributed by atoms with van der Waals surface area (Å²) in [7, 11) is 1.64. The fourth-order valence-electron chi connectivity index (χ4n) is 2.23. The van der Waals surface area contributed by atoms with Crippen molar-refractivity contribution in [2.45, 2.75) is 17.7 Å². The highest BCUT2D eigenvalue weighted by molar-refractivity contribution is 9.10. The number of halogens is 1. The van der Waals surface area contributed by atoms with Crippen molar-refractivity contribution in [2.24, 2.45) is 0 Å². The van der Waals surface area contributed by atoms with Gasteiger partial charge in [-0.1, -0.05) is 15.9 Å². The third-order valence-corrected chi connectivity index (χ3v) is 4.23. The average Bonchev–Trinajstić information content (AvgIpc) is 2.91. The summed E-state index contributed by atoms with van der Waals surface area (Å²) in [6.07, 6.45) is 2.10. The Morgan fingerprint density at radius 2 is 2.00 bits per heavy atom. The van der Waals surface area contributed by atoms with Gasteiger partial charge in [0.25, 0.3) is 5.91 Å². The molecule has 0 spiro atoms. The summed E-state index contributed by atoms with van der Waals surface area (Å²) < 4.78 is 0.870. The van der Waals surface area contributed by atoms with Crippen LogP contribution in [-0.4, -0.2) is 48.3 Å². The molecule has 4 nitrogen and oxygen atoms in total. The monoisotopic (exact) mass is 356 g/mol. The van der Waals surface area contributed by atoms with Crippen LogP contribution in [0.25, 0.3) is 0 Å². The van der Waals surface area contributed by atoms with Crippen LogP contribution in [0, 0.1) is 0 Å². The number of hydrogen-bond acceptors (Lipinski definition) is 3. The number of rotatable bonds is 3. The zero-order chi connectivity index (χ0) is 14.7. The van der Waals surface area contributed by atoms with E-state index in [1.807, 2.05) is 4.90 Å². The Morgan fingerprint density at radius 1 is 1.35 bits per heavy atom. The smallest absolute Gasteiger partial charge is 0.255 e. The number of benzene rings is 1. The lowest BCUT2D eigenvalue weighted by Gasteiger charge is -2.21. The van der Waals surface area contributed by atoms with E-state index >= 15 is 0 Å². The fourth-order valence-corrected chi connectivity index (χ4v) is 3.08. The maximum atomic E-state index is 12.3. The van der Waals surface area contributed by atoms with E-state index in [4.69, 9.17) is 0 Å². The number of amides is 2. The maximum absolute atomic E-state index is 12.3. The summed E-state index contributed by atoms with van der Waals surface area (Å²) in [6.45, 7) is 1.72. The Morgan fingerprint density at radius 3 is 2.60 bits per heavy atom. The summed E-state index contributed by atoms with van der Waals surface area (Å²) in [4.78, 5) is 28.2. The first-order chi connectivity index (χ1) is 9.49. The molecule has 1 aliphatic rings. The summed E-state index contributed by atoms with van der Waals surface area (Å²) in [6, 6.07) is 5.28. The molecule has 0 unspecified atom stereocenters. The number of nitrogens with zero attached hydrogens (tertiary/aromatic N) is 2. The third kappa shape index (κ3) is 3.55. The van der Waals surface area contributed by atoms with Gasteiger partial charge in [0, 0.05) is 29.5 Å². The number of thiol groups is 1. The van der Waals surface area contributed by atoms with Crippen molar-refractivity contribution in [1.29, 1.82) is 0 Å². The molecule has 0 N–H and O–H groups in total. The second-order valence-electron chi connectivity index (χ2n) is 4.91. The van der Waals surface area contributed by atoms with Gasteiger partial charge in [-0.3, -0.25) is 9.59 Å². The Balaban J connectivity index is 2.02. The molecular weight excluding hydrogens is 340 g/mol. The molecule has 6 heteroatoms. The summed E-state index contributed by atoms with van der Waals surface area (Å²) in [5.41, 5.74) is 0.508. The lowest BCUT2D eigenvalue weighted by Crippen LogP contribution is -2.39. The van der Waals surface area contributed by atoms with E-state index < -0.39 is 0 Å². The second-order valence-corrected chi connectivity index (χ2v) is 6.31. The van der Waals surface area contributed by atoms with Crippen molar-refractivity contribution in [3.05, 3.63) is 28.2 Å². The van der Waals surface area contributed by atoms with Crippen LogP contribution >= 0.6 is 28.6 Å². The van der Waals surface area contributed by atoms with Gasteiger partial charge in [0.1, 0.15) is 0 Å². The highest BCUT2D eigenvalue weighted by Gasteiger charge is 2.22. The highest BCUT2D eigenvalue weighted by Crippen LogP contribution is 2.21. The van der Waals surface area contributed by atoms with Gasteiger partial charge in [-0.25, -0.2) is 0 Å². The second kappa shape index (κ2) is 6.63. The van der Waals surface area contributed by atoms with Crippen molar-refractivity contribution < 1.29 is 9.59 Å². The highest BCUT2D eigenvalue weighted by atomic mass is 79.9. The SMILES string of the molecule is CN(CC(=O)N1CCCC1)C(=O)c1ccc(Br)cc1S. The summed E-state index contributed by atoms with van der Waals surface area (Å²) in [5.74, 6) is -0.175. The Bertz CT molecular complexity index is 530. The van der Waals surface area contributed by atoms with Gasteiger partial charge in [0.15, 0.2) is 0 Å². The number of hydrogen-bond donors (Lipinski definition) is 1. The van der Waals surface area contributed by atoms with Gasteiger partial charge in [-0.05, 0) is 31.0 Å².